The first kappa shape index (κ1) is 13.7. The summed E-state index contributed by atoms with van der Waals surface area (Å²) < 4.78 is 0.903. The Bertz CT molecular complexity index is 355. The Kier molecular flexibility index (Phi) is 6.06. The van der Waals surface area contributed by atoms with E-state index in [0.29, 0.717) is 11.6 Å². The minimum absolute atomic E-state index is 0.144. The molecule has 0 spiro atoms. The van der Waals surface area contributed by atoms with E-state index in [-0.39, 0.29) is 6.04 Å². The van der Waals surface area contributed by atoms with Crippen molar-refractivity contribution in [2.75, 3.05) is 13.1 Å². The van der Waals surface area contributed by atoms with Gasteiger partial charge in [-0.2, -0.15) is 0 Å². The fourth-order valence-electron chi connectivity index (χ4n) is 1.43. The van der Waals surface area contributed by atoms with Crippen LogP contribution in [-0.4, -0.2) is 13.1 Å². The molecule has 0 heterocycles. The van der Waals surface area contributed by atoms with E-state index in [4.69, 9.17) is 17.3 Å². The minimum atomic E-state index is 0.144. The first-order valence-electron chi connectivity index (χ1n) is 5.18. The molecule has 1 rings (SSSR count). The number of nitrogens with two attached hydrogens (primary N) is 1. The number of rotatable bonds is 6. The van der Waals surface area contributed by atoms with Crippen LogP contribution in [0.1, 0.15) is 18.0 Å². The molecule has 3 N–H and O–H groups in total. The van der Waals surface area contributed by atoms with Crippen LogP contribution in [0.25, 0.3) is 0 Å². The van der Waals surface area contributed by atoms with Gasteiger partial charge in [0.05, 0.1) is 5.02 Å². The lowest BCUT2D eigenvalue weighted by atomic mass is 10.1. The summed E-state index contributed by atoms with van der Waals surface area (Å²) in [6, 6.07) is 6.04. The molecule has 0 amide bonds. The highest BCUT2D eigenvalue weighted by Gasteiger charge is 2.09. The molecule has 0 aliphatic heterocycles. The number of hydrogen-bond donors (Lipinski definition) is 2. The van der Waals surface area contributed by atoms with Gasteiger partial charge < -0.3 is 11.1 Å². The SMILES string of the molecule is C=CCCNC(CN)c1ccc(Br)c(Cl)c1. The standard InChI is InChI=1S/C12H16BrClN2/c1-2-3-6-16-12(8-15)9-4-5-10(13)11(14)7-9/h2,4-5,7,12,16H,1,3,6,8,15H2. The summed E-state index contributed by atoms with van der Waals surface area (Å²) in [5.74, 6) is 0. The second-order valence-electron chi connectivity index (χ2n) is 3.49. The molecule has 0 aliphatic carbocycles. The summed E-state index contributed by atoms with van der Waals surface area (Å²) in [6.07, 6.45) is 2.82. The maximum atomic E-state index is 6.04. The smallest absolute Gasteiger partial charge is 0.0551 e. The van der Waals surface area contributed by atoms with E-state index in [1.807, 2.05) is 24.3 Å². The van der Waals surface area contributed by atoms with Crippen molar-refractivity contribution in [2.24, 2.45) is 5.73 Å². The third kappa shape index (κ3) is 3.91. The number of halogens is 2. The van der Waals surface area contributed by atoms with Crippen LogP contribution in [0.3, 0.4) is 0 Å². The third-order valence-corrected chi connectivity index (χ3v) is 3.55. The Labute approximate surface area is 110 Å². The van der Waals surface area contributed by atoms with Gasteiger partial charge in [0.2, 0.25) is 0 Å². The molecule has 1 aromatic rings. The molecule has 0 saturated carbocycles. The Morgan fingerprint density at radius 3 is 2.88 bits per heavy atom. The molecule has 1 aromatic carbocycles. The van der Waals surface area contributed by atoms with Crippen molar-refractivity contribution in [1.29, 1.82) is 0 Å². The number of benzene rings is 1. The zero-order valence-corrected chi connectivity index (χ0v) is 11.4. The Balaban J connectivity index is 2.70. The van der Waals surface area contributed by atoms with Crippen molar-refractivity contribution in [3.05, 3.63) is 45.9 Å². The molecule has 0 saturated heterocycles. The molecule has 0 radical (unpaired) electrons. The van der Waals surface area contributed by atoms with Crippen molar-refractivity contribution in [3.63, 3.8) is 0 Å². The highest BCUT2D eigenvalue weighted by molar-refractivity contribution is 9.10. The normalized spacial score (nSPS) is 12.4. The number of nitrogens with one attached hydrogen (secondary N) is 1. The molecular formula is C12H16BrClN2. The van der Waals surface area contributed by atoms with Crippen LogP contribution in [-0.2, 0) is 0 Å². The van der Waals surface area contributed by atoms with Gasteiger partial charge in [0.15, 0.2) is 0 Å². The monoisotopic (exact) mass is 302 g/mol. The Morgan fingerprint density at radius 1 is 1.56 bits per heavy atom. The quantitative estimate of drug-likeness (QED) is 0.625. The Hall–Kier alpha value is -0.350. The van der Waals surface area contributed by atoms with Crippen LogP contribution in [0.4, 0.5) is 0 Å². The molecule has 0 bridgehead atoms. The van der Waals surface area contributed by atoms with Gasteiger partial charge in [-0.25, -0.2) is 0 Å². The Morgan fingerprint density at radius 2 is 2.31 bits per heavy atom. The van der Waals surface area contributed by atoms with Crippen molar-refractivity contribution < 1.29 is 0 Å². The van der Waals surface area contributed by atoms with Crippen molar-refractivity contribution in [3.8, 4) is 0 Å². The van der Waals surface area contributed by atoms with Gasteiger partial charge in [-0.1, -0.05) is 23.7 Å². The molecule has 4 heteroatoms. The molecule has 0 fully saturated rings. The van der Waals surface area contributed by atoms with Crippen LogP contribution < -0.4 is 11.1 Å². The lowest BCUT2D eigenvalue weighted by Crippen LogP contribution is -2.28. The summed E-state index contributed by atoms with van der Waals surface area (Å²) in [5.41, 5.74) is 6.84. The highest BCUT2D eigenvalue weighted by atomic mass is 79.9. The van der Waals surface area contributed by atoms with Crippen LogP contribution in [0.5, 0.6) is 0 Å². The number of hydrogen-bond acceptors (Lipinski definition) is 2. The molecule has 88 valence electrons. The lowest BCUT2D eigenvalue weighted by molar-refractivity contribution is 0.548. The van der Waals surface area contributed by atoms with E-state index in [1.54, 1.807) is 0 Å². The second kappa shape index (κ2) is 7.07. The minimum Gasteiger partial charge on any atom is -0.329 e. The summed E-state index contributed by atoms with van der Waals surface area (Å²) in [4.78, 5) is 0. The summed E-state index contributed by atoms with van der Waals surface area (Å²) in [6.45, 7) is 5.11. The molecular weight excluding hydrogens is 288 g/mol. The third-order valence-electron chi connectivity index (χ3n) is 2.32. The summed E-state index contributed by atoms with van der Waals surface area (Å²) >= 11 is 9.41. The zero-order valence-electron chi connectivity index (χ0n) is 9.05. The second-order valence-corrected chi connectivity index (χ2v) is 4.75. The first-order chi connectivity index (χ1) is 7.69. The van der Waals surface area contributed by atoms with E-state index in [0.717, 1.165) is 23.0 Å². The summed E-state index contributed by atoms with van der Waals surface area (Å²) in [7, 11) is 0. The first-order valence-corrected chi connectivity index (χ1v) is 6.35. The van der Waals surface area contributed by atoms with E-state index in [9.17, 15) is 0 Å². The van der Waals surface area contributed by atoms with Gasteiger partial charge in [-0.05, 0) is 46.6 Å². The van der Waals surface area contributed by atoms with Gasteiger partial charge in [0.1, 0.15) is 0 Å². The predicted octanol–water partition coefficient (Wildman–Crippen LogP) is 3.27. The fourth-order valence-corrected chi connectivity index (χ4v) is 1.86. The van der Waals surface area contributed by atoms with Crippen LogP contribution in [0.2, 0.25) is 5.02 Å². The summed E-state index contributed by atoms with van der Waals surface area (Å²) in [5, 5.41) is 4.07. The maximum Gasteiger partial charge on any atom is 0.0551 e. The molecule has 0 aliphatic rings. The molecule has 2 nitrogen and oxygen atoms in total. The predicted molar refractivity (Wildman–Crippen MR) is 73.8 cm³/mol. The van der Waals surface area contributed by atoms with Gasteiger partial charge in [0.25, 0.3) is 0 Å². The molecule has 1 unspecified atom stereocenters. The molecule has 16 heavy (non-hydrogen) atoms. The topological polar surface area (TPSA) is 38.0 Å². The van der Waals surface area contributed by atoms with Gasteiger partial charge in [-0.15, -0.1) is 6.58 Å². The van der Waals surface area contributed by atoms with Gasteiger partial charge >= 0.3 is 0 Å². The average Bonchev–Trinajstić information content (AvgIpc) is 2.29. The van der Waals surface area contributed by atoms with Crippen LogP contribution in [0, 0.1) is 0 Å². The average molecular weight is 304 g/mol. The van der Waals surface area contributed by atoms with Crippen molar-refractivity contribution >= 4 is 27.5 Å². The lowest BCUT2D eigenvalue weighted by Gasteiger charge is -2.17. The van der Waals surface area contributed by atoms with E-state index in [2.05, 4.69) is 27.8 Å². The van der Waals surface area contributed by atoms with Crippen molar-refractivity contribution in [2.45, 2.75) is 12.5 Å². The fraction of sp³-hybridized carbons (Fsp3) is 0.333. The van der Waals surface area contributed by atoms with E-state index < -0.39 is 0 Å². The van der Waals surface area contributed by atoms with Crippen LogP contribution in [0.15, 0.2) is 35.3 Å². The van der Waals surface area contributed by atoms with E-state index in [1.165, 1.54) is 0 Å². The van der Waals surface area contributed by atoms with Crippen LogP contribution >= 0.6 is 27.5 Å². The van der Waals surface area contributed by atoms with Crippen molar-refractivity contribution in [1.82, 2.24) is 5.32 Å². The maximum absolute atomic E-state index is 6.04. The molecule has 0 aromatic heterocycles. The molecule has 1 atom stereocenters. The van der Waals surface area contributed by atoms with Gasteiger partial charge in [-0.3, -0.25) is 0 Å². The highest BCUT2D eigenvalue weighted by Crippen LogP contribution is 2.25. The van der Waals surface area contributed by atoms with Gasteiger partial charge in [0, 0.05) is 17.1 Å². The van der Waals surface area contributed by atoms with E-state index >= 15 is 0 Å². The zero-order chi connectivity index (χ0) is 12.0. The largest absolute Gasteiger partial charge is 0.329 e.